The van der Waals surface area contributed by atoms with Crippen LogP contribution in [0.1, 0.15) is 20.3 Å². The predicted molar refractivity (Wildman–Crippen MR) is 29.9 cm³/mol. The Kier molecular flexibility index (Phi) is 2.96. The summed E-state index contributed by atoms with van der Waals surface area (Å²) in [5.41, 5.74) is 5.37. The molecule has 0 aliphatic heterocycles. The minimum Gasteiger partial charge on any atom is -0.392 e. The Bertz CT molecular complexity index is 45.3. The summed E-state index contributed by atoms with van der Waals surface area (Å²) in [4.78, 5) is 0. The average molecular weight is 103 g/mol. The Hall–Kier alpha value is -0.0800. The van der Waals surface area contributed by atoms with Crippen LogP contribution in [-0.4, -0.2) is 17.3 Å². The molecular formula is C5H13NO. The second kappa shape index (κ2) is 2.99. The first-order chi connectivity index (χ1) is 3.18. The molecule has 2 atom stereocenters. The van der Waals surface area contributed by atoms with E-state index < -0.39 is 0 Å². The van der Waals surface area contributed by atoms with E-state index in [1.54, 1.807) is 6.92 Å². The molecule has 3 N–H and O–H groups in total. The monoisotopic (exact) mass is 103 g/mol. The molecule has 0 aromatic carbocycles. The van der Waals surface area contributed by atoms with E-state index in [0.29, 0.717) is 0 Å². The lowest BCUT2D eigenvalue weighted by atomic mass is 10.1. The first kappa shape index (κ1) is 6.92. The lowest BCUT2D eigenvalue weighted by Gasteiger charge is -2.09. The average Bonchev–Trinajstić information content (AvgIpc) is 1.65. The number of nitrogens with two attached hydrogens (primary N) is 1. The van der Waals surface area contributed by atoms with E-state index in [9.17, 15) is 0 Å². The predicted octanol–water partition coefficient (Wildman–Crippen LogP) is 0.104. The van der Waals surface area contributed by atoms with Gasteiger partial charge in [0.25, 0.3) is 0 Å². The zero-order valence-electron chi connectivity index (χ0n) is 4.89. The van der Waals surface area contributed by atoms with E-state index in [1.165, 1.54) is 0 Å². The van der Waals surface area contributed by atoms with Gasteiger partial charge in [0.2, 0.25) is 0 Å². The zero-order valence-corrected chi connectivity index (χ0v) is 4.89. The summed E-state index contributed by atoms with van der Waals surface area (Å²) in [5.74, 6) is 0. The molecule has 0 radical (unpaired) electrons. The summed E-state index contributed by atoms with van der Waals surface area (Å²) in [7, 11) is 0. The molecule has 2 nitrogen and oxygen atoms in total. The highest BCUT2D eigenvalue weighted by molar-refractivity contribution is 4.63. The van der Waals surface area contributed by atoms with Gasteiger partial charge in [-0.3, -0.25) is 0 Å². The van der Waals surface area contributed by atoms with Crippen molar-refractivity contribution in [3.05, 3.63) is 0 Å². The molecule has 44 valence electrons. The Labute approximate surface area is 44.3 Å². The quantitative estimate of drug-likeness (QED) is 0.521. The van der Waals surface area contributed by atoms with Gasteiger partial charge in [-0.25, -0.2) is 0 Å². The summed E-state index contributed by atoms with van der Waals surface area (Å²) in [6, 6.07) is -0.0417. The lowest BCUT2D eigenvalue weighted by molar-refractivity contribution is 0.161. The van der Waals surface area contributed by atoms with Crippen molar-refractivity contribution >= 4 is 0 Å². The van der Waals surface area contributed by atoms with Gasteiger partial charge in [-0.2, -0.15) is 0 Å². The minimum atomic E-state index is -0.356. The van der Waals surface area contributed by atoms with Crippen LogP contribution in [0.2, 0.25) is 0 Å². The van der Waals surface area contributed by atoms with Crippen LogP contribution in [0.4, 0.5) is 0 Å². The van der Waals surface area contributed by atoms with Crippen LogP contribution in [0, 0.1) is 0 Å². The van der Waals surface area contributed by atoms with Gasteiger partial charge in [-0.1, -0.05) is 6.92 Å². The Morgan fingerprint density at radius 2 is 2.14 bits per heavy atom. The minimum absolute atomic E-state index is 0.0417. The van der Waals surface area contributed by atoms with Crippen molar-refractivity contribution in [2.75, 3.05) is 0 Å². The van der Waals surface area contributed by atoms with E-state index in [0.717, 1.165) is 6.42 Å². The van der Waals surface area contributed by atoms with Gasteiger partial charge in [-0.05, 0) is 13.3 Å². The molecule has 0 rings (SSSR count). The fraction of sp³-hybridized carbons (Fsp3) is 1.00. The molecule has 0 fully saturated rings. The van der Waals surface area contributed by atoms with Crippen LogP contribution in [-0.2, 0) is 0 Å². The van der Waals surface area contributed by atoms with Crippen LogP contribution in [0.25, 0.3) is 0 Å². The third-order valence-corrected chi connectivity index (χ3v) is 1.09. The largest absolute Gasteiger partial charge is 0.392 e. The molecule has 2 heteroatoms. The lowest BCUT2D eigenvalue weighted by Crippen LogP contribution is -2.31. The number of hydrogen-bond acceptors (Lipinski definition) is 2. The third kappa shape index (κ3) is 2.60. The number of aliphatic hydroxyl groups is 1. The fourth-order valence-corrected chi connectivity index (χ4v) is 0.341. The third-order valence-electron chi connectivity index (χ3n) is 1.09. The highest BCUT2D eigenvalue weighted by atomic mass is 16.3. The van der Waals surface area contributed by atoms with E-state index >= 15 is 0 Å². The Morgan fingerprint density at radius 1 is 1.71 bits per heavy atom. The smallest absolute Gasteiger partial charge is 0.0662 e. The van der Waals surface area contributed by atoms with E-state index in [4.69, 9.17) is 10.8 Å². The zero-order chi connectivity index (χ0) is 5.86. The standard InChI is InChI=1S/C5H13NO/c1-3-5(6)4(2)7/h4-5,7H,3,6H2,1-2H3/t4-,5-/m0/s1. The molecule has 0 bridgehead atoms. The molecule has 0 heterocycles. The maximum atomic E-state index is 8.70. The highest BCUT2D eigenvalue weighted by Gasteiger charge is 2.03. The molecule has 0 saturated carbocycles. The Morgan fingerprint density at radius 3 is 2.14 bits per heavy atom. The van der Waals surface area contributed by atoms with Gasteiger partial charge in [0, 0.05) is 6.04 Å². The van der Waals surface area contributed by atoms with Gasteiger partial charge in [0.15, 0.2) is 0 Å². The van der Waals surface area contributed by atoms with Crippen molar-refractivity contribution < 1.29 is 5.11 Å². The van der Waals surface area contributed by atoms with Gasteiger partial charge in [0.05, 0.1) is 6.10 Å². The SMILES string of the molecule is CC[C@H](N)[C@H](C)O. The van der Waals surface area contributed by atoms with Crippen molar-refractivity contribution in [1.29, 1.82) is 0 Å². The van der Waals surface area contributed by atoms with Crippen molar-refractivity contribution in [3.63, 3.8) is 0 Å². The van der Waals surface area contributed by atoms with Crippen LogP contribution >= 0.6 is 0 Å². The summed E-state index contributed by atoms with van der Waals surface area (Å²) >= 11 is 0. The second-order valence-electron chi connectivity index (χ2n) is 1.81. The first-order valence-corrected chi connectivity index (χ1v) is 2.62. The van der Waals surface area contributed by atoms with Crippen LogP contribution in [0.15, 0.2) is 0 Å². The maximum absolute atomic E-state index is 8.70. The second-order valence-corrected chi connectivity index (χ2v) is 1.81. The van der Waals surface area contributed by atoms with Gasteiger partial charge >= 0.3 is 0 Å². The van der Waals surface area contributed by atoms with Crippen LogP contribution in [0.3, 0.4) is 0 Å². The molecule has 0 amide bonds. The molecular weight excluding hydrogens is 90.1 g/mol. The van der Waals surface area contributed by atoms with Gasteiger partial charge < -0.3 is 10.8 Å². The molecule has 0 spiro atoms. The number of hydrogen-bond donors (Lipinski definition) is 2. The number of rotatable bonds is 2. The highest BCUT2D eigenvalue weighted by Crippen LogP contribution is 1.91. The normalized spacial score (nSPS) is 18.9. The molecule has 0 saturated heterocycles. The van der Waals surface area contributed by atoms with Crippen molar-refractivity contribution in [1.82, 2.24) is 0 Å². The first-order valence-electron chi connectivity index (χ1n) is 2.62. The molecule has 0 aliphatic carbocycles. The topological polar surface area (TPSA) is 46.2 Å². The molecule has 0 aromatic rings. The fourth-order valence-electron chi connectivity index (χ4n) is 0.341. The summed E-state index contributed by atoms with van der Waals surface area (Å²) in [6.45, 7) is 3.66. The van der Waals surface area contributed by atoms with E-state index in [1.807, 2.05) is 6.92 Å². The summed E-state index contributed by atoms with van der Waals surface area (Å²) in [6.07, 6.45) is 0.488. The molecule has 7 heavy (non-hydrogen) atoms. The maximum Gasteiger partial charge on any atom is 0.0662 e. The molecule has 0 unspecified atom stereocenters. The van der Waals surface area contributed by atoms with Crippen molar-refractivity contribution in [3.8, 4) is 0 Å². The van der Waals surface area contributed by atoms with Crippen LogP contribution in [0.5, 0.6) is 0 Å². The summed E-state index contributed by atoms with van der Waals surface area (Å²) in [5, 5.41) is 8.70. The van der Waals surface area contributed by atoms with Gasteiger partial charge in [0.1, 0.15) is 0 Å². The van der Waals surface area contributed by atoms with Crippen molar-refractivity contribution in [2.24, 2.45) is 5.73 Å². The Balaban J connectivity index is 3.14. The van der Waals surface area contributed by atoms with Gasteiger partial charge in [-0.15, -0.1) is 0 Å². The van der Waals surface area contributed by atoms with E-state index in [2.05, 4.69) is 0 Å². The molecule has 0 aliphatic rings. The van der Waals surface area contributed by atoms with Crippen molar-refractivity contribution in [2.45, 2.75) is 32.4 Å². The number of aliphatic hydroxyl groups excluding tert-OH is 1. The summed E-state index contributed by atoms with van der Waals surface area (Å²) < 4.78 is 0. The van der Waals surface area contributed by atoms with Crippen LogP contribution < -0.4 is 5.73 Å². The van der Waals surface area contributed by atoms with E-state index in [-0.39, 0.29) is 12.1 Å². The molecule has 0 aromatic heterocycles.